The molecule has 0 radical (unpaired) electrons. The van der Waals surface area contributed by atoms with Crippen molar-refractivity contribution in [3.63, 3.8) is 0 Å². The molecule has 0 amide bonds. The maximum Gasteiger partial charge on any atom is 0.126 e. The third-order valence-corrected chi connectivity index (χ3v) is 4.59. The van der Waals surface area contributed by atoms with Gasteiger partial charge in [0.15, 0.2) is 0 Å². The van der Waals surface area contributed by atoms with Crippen LogP contribution in [0.5, 0.6) is 0 Å². The highest BCUT2D eigenvalue weighted by atomic mass is 19.1. The van der Waals surface area contributed by atoms with E-state index in [4.69, 9.17) is 5.84 Å². The Hall–Kier alpha value is -0.970. The lowest BCUT2D eigenvalue weighted by atomic mass is 9.83. The molecule has 3 nitrogen and oxygen atoms in total. The van der Waals surface area contributed by atoms with Crippen LogP contribution in [0, 0.1) is 5.82 Å². The van der Waals surface area contributed by atoms with Gasteiger partial charge >= 0.3 is 0 Å². The summed E-state index contributed by atoms with van der Waals surface area (Å²) in [4.78, 5) is 2.26. The van der Waals surface area contributed by atoms with E-state index < -0.39 is 0 Å². The highest BCUT2D eigenvalue weighted by Crippen LogP contribution is 2.37. The van der Waals surface area contributed by atoms with Crippen LogP contribution >= 0.6 is 0 Å². The number of likely N-dealkylation sites (N-methyl/N-ethyl adjacent to an activating group) is 1. The van der Waals surface area contributed by atoms with E-state index in [1.54, 1.807) is 6.07 Å². The van der Waals surface area contributed by atoms with Gasteiger partial charge in [-0.3, -0.25) is 11.3 Å². The van der Waals surface area contributed by atoms with Crippen molar-refractivity contribution < 1.29 is 4.39 Å². The number of rotatable bonds is 5. The number of benzene rings is 1. The summed E-state index contributed by atoms with van der Waals surface area (Å²) >= 11 is 0. The molecule has 1 aromatic carbocycles. The predicted molar refractivity (Wildman–Crippen MR) is 76.1 cm³/mol. The summed E-state index contributed by atoms with van der Waals surface area (Å²) in [5.74, 6) is 5.63. The molecule has 1 aliphatic rings. The first kappa shape index (κ1) is 14.4. The Labute approximate surface area is 114 Å². The summed E-state index contributed by atoms with van der Waals surface area (Å²) in [7, 11) is 4.19. The number of nitrogens with one attached hydrogen (secondary N) is 1. The van der Waals surface area contributed by atoms with Crippen molar-refractivity contribution in [3.8, 4) is 0 Å². The van der Waals surface area contributed by atoms with Crippen molar-refractivity contribution in [1.29, 1.82) is 0 Å². The Bertz CT molecular complexity index is 414. The van der Waals surface area contributed by atoms with Gasteiger partial charge in [0.25, 0.3) is 0 Å². The van der Waals surface area contributed by atoms with Crippen LogP contribution in [0.4, 0.5) is 4.39 Å². The lowest BCUT2D eigenvalue weighted by Crippen LogP contribution is -2.60. The Morgan fingerprint density at radius 1 is 1.32 bits per heavy atom. The molecule has 0 aromatic heterocycles. The lowest BCUT2D eigenvalue weighted by molar-refractivity contribution is 0.104. The molecular weight excluding hydrogens is 241 g/mol. The smallest absolute Gasteiger partial charge is 0.126 e. The van der Waals surface area contributed by atoms with Crippen LogP contribution < -0.4 is 11.3 Å². The molecule has 0 bridgehead atoms. The highest BCUT2D eigenvalue weighted by molar-refractivity contribution is 5.20. The third-order valence-electron chi connectivity index (χ3n) is 4.59. The quantitative estimate of drug-likeness (QED) is 0.632. The Morgan fingerprint density at radius 2 is 1.95 bits per heavy atom. The molecule has 3 N–H and O–H groups in total. The van der Waals surface area contributed by atoms with Gasteiger partial charge in [0, 0.05) is 11.6 Å². The maximum absolute atomic E-state index is 13.8. The molecule has 106 valence electrons. The molecule has 0 aliphatic heterocycles. The number of hydrogen-bond donors (Lipinski definition) is 2. The first-order chi connectivity index (χ1) is 9.10. The van der Waals surface area contributed by atoms with E-state index >= 15 is 0 Å². The van der Waals surface area contributed by atoms with Crippen molar-refractivity contribution in [2.45, 2.75) is 43.7 Å². The number of hydrazine groups is 1. The number of nitrogens with two attached hydrogens (primary N) is 1. The van der Waals surface area contributed by atoms with Crippen molar-refractivity contribution in [3.05, 3.63) is 35.6 Å². The number of nitrogens with zero attached hydrogens (tertiary/aromatic N) is 1. The number of hydrogen-bond acceptors (Lipinski definition) is 3. The molecule has 4 heteroatoms. The third kappa shape index (κ3) is 2.81. The fourth-order valence-electron chi connectivity index (χ4n) is 3.38. The van der Waals surface area contributed by atoms with Crippen LogP contribution in [-0.2, 0) is 6.42 Å². The molecule has 19 heavy (non-hydrogen) atoms. The summed E-state index contributed by atoms with van der Waals surface area (Å²) in [5.41, 5.74) is 3.71. The molecule has 0 spiro atoms. The Morgan fingerprint density at radius 3 is 2.47 bits per heavy atom. The van der Waals surface area contributed by atoms with E-state index in [0.717, 1.165) is 18.4 Å². The van der Waals surface area contributed by atoms with Gasteiger partial charge < -0.3 is 4.90 Å². The van der Waals surface area contributed by atoms with E-state index in [2.05, 4.69) is 24.4 Å². The van der Waals surface area contributed by atoms with Crippen LogP contribution in [0.1, 0.15) is 31.2 Å². The van der Waals surface area contributed by atoms with Gasteiger partial charge in [-0.1, -0.05) is 31.0 Å². The Balaban J connectivity index is 2.22. The van der Waals surface area contributed by atoms with Crippen molar-refractivity contribution >= 4 is 0 Å². The van der Waals surface area contributed by atoms with Gasteiger partial charge in [0.05, 0.1) is 0 Å². The van der Waals surface area contributed by atoms with Crippen LogP contribution in [0.2, 0.25) is 0 Å². The van der Waals surface area contributed by atoms with Gasteiger partial charge in [-0.2, -0.15) is 0 Å². The minimum absolute atomic E-state index is 0.0387. The molecule has 1 aliphatic carbocycles. The van der Waals surface area contributed by atoms with E-state index in [0.29, 0.717) is 6.42 Å². The summed E-state index contributed by atoms with van der Waals surface area (Å²) in [6, 6.07) is 7.03. The molecule has 1 unspecified atom stereocenters. The van der Waals surface area contributed by atoms with Crippen LogP contribution in [-0.4, -0.2) is 30.6 Å². The van der Waals surface area contributed by atoms with Crippen molar-refractivity contribution in [2.75, 3.05) is 14.1 Å². The summed E-state index contributed by atoms with van der Waals surface area (Å²) in [6.07, 6.45) is 5.29. The second-order valence-electron chi connectivity index (χ2n) is 5.72. The monoisotopic (exact) mass is 265 g/mol. The molecule has 2 rings (SSSR count). The normalized spacial score (nSPS) is 19.8. The fourth-order valence-corrected chi connectivity index (χ4v) is 3.38. The van der Waals surface area contributed by atoms with E-state index in [9.17, 15) is 4.39 Å². The minimum Gasteiger partial charge on any atom is -0.302 e. The zero-order valence-electron chi connectivity index (χ0n) is 11.8. The second-order valence-corrected chi connectivity index (χ2v) is 5.72. The standard InChI is InChI=1S/C15H24FN3/c1-19(2)15(9-5-6-10-15)14(18-17)11-12-7-3-4-8-13(12)16/h3-4,7-8,14,18H,5-6,9-11,17H2,1-2H3. The topological polar surface area (TPSA) is 41.3 Å². The van der Waals surface area contributed by atoms with Gasteiger partial charge in [0.1, 0.15) is 5.82 Å². The zero-order valence-corrected chi connectivity index (χ0v) is 11.8. The first-order valence-corrected chi connectivity index (χ1v) is 6.97. The minimum atomic E-state index is -0.144. The molecule has 0 saturated heterocycles. The summed E-state index contributed by atoms with van der Waals surface area (Å²) < 4.78 is 13.8. The summed E-state index contributed by atoms with van der Waals surface area (Å²) in [5, 5.41) is 0. The molecule has 1 fully saturated rings. The lowest BCUT2D eigenvalue weighted by Gasteiger charge is -2.43. The molecule has 0 heterocycles. The second kappa shape index (κ2) is 5.99. The highest BCUT2D eigenvalue weighted by Gasteiger charge is 2.42. The van der Waals surface area contributed by atoms with Crippen molar-refractivity contribution in [1.82, 2.24) is 10.3 Å². The van der Waals surface area contributed by atoms with E-state index in [1.807, 2.05) is 12.1 Å². The average Bonchev–Trinajstić information content (AvgIpc) is 2.88. The van der Waals surface area contributed by atoms with Gasteiger partial charge in [-0.15, -0.1) is 0 Å². The van der Waals surface area contributed by atoms with Crippen LogP contribution in [0.3, 0.4) is 0 Å². The molecule has 1 aromatic rings. The van der Waals surface area contributed by atoms with Crippen molar-refractivity contribution in [2.24, 2.45) is 5.84 Å². The van der Waals surface area contributed by atoms with E-state index in [-0.39, 0.29) is 17.4 Å². The van der Waals surface area contributed by atoms with Gasteiger partial charge in [-0.05, 0) is 45.0 Å². The largest absolute Gasteiger partial charge is 0.302 e. The van der Waals surface area contributed by atoms with Gasteiger partial charge in [0.2, 0.25) is 0 Å². The maximum atomic E-state index is 13.8. The summed E-state index contributed by atoms with van der Waals surface area (Å²) in [6.45, 7) is 0. The fraction of sp³-hybridized carbons (Fsp3) is 0.600. The first-order valence-electron chi connectivity index (χ1n) is 6.97. The van der Waals surface area contributed by atoms with E-state index in [1.165, 1.54) is 18.9 Å². The van der Waals surface area contributed by atoms with Gasteiger partial charge in [-0.25, -0.2) is 4.39 Å². The molecule has 1 saturated carbocycles. The Kier molecular flexibility index (Phi) is 4.55. The zero-order chi connectivity index (χ0) is 13.9. The predicted octanol–water partition coefficient (Wildman–Crippen LogP) is 2.07. The molecule has 1 atom stereocenters. The average molecular weight is 265 g/mol. The number of halogens is 1. The van der Waals surface area contributed by atoms with Crippen LogP contribution in [0.15, 0.2) is 24.3 Å². The SMILES string of the molecule is CN(C)C1(C(Cc2ccccc2F)NN)CCCC1. The molecular formula is C15H24FN3. The van der Waals surface area contributed by atoms with Crippen LogP contribution in [0.25, 0.3) is 0 Å².